The third kappa shape index (κ3) is 5.36. The van der Waals surface area contributed by atoms with E-state index in [1.54, 1.807) is 7.11 Å². The second kappa shape index (κ2) is 10.6. The molecule has 1 N–H and O–H groups in total. The summed E-state index contributed by atoms with van der Waals surface area (Å²) in [6.45, 7) is 4.64. The van der Waals surface area contributed by atoms with Gasteiger partial charge in [0.25, 0.3) is 5.91 Å². The fourth-order valence-electron chi connectivity index (χ4n) is 4.51. The van der Waals surface area contributed by atoms with Gasteiger partial charge in [0.15, 0.2) is 0 Å². The molecule has 0 atom stereocenters. The number of carbonyl (C=O) groups is 1. The molecular formula is C32H29N3O2. The first-order chi connectivity index (χ1) is 18.0. The van der Waals surface area contributed by atoms with Crippen molar-refractivity contribution in [2.75, 3.05) is 13.7 Å². The lowest BCUT2D eigenvalue weighted by molar-refractivity contribution is 0.0954. The maximum absolute atomic E-state index is 13.0. The standard InChI is InChI=1S/C32H29N3O2/c1-21-8-6-11-24(18-21)30-31(25-12-7-9-22(2)19-25)35-28-20-26(14-15-27(28)34-30)32(36)33-17-16-23-10-4-5-13-29(23)37-3/h4-15,18-20H,16-17H2,1-3H3,(H,33,36). The molecule has 1 aromatic heterocycles. The average molecular weight is 488 g/mol. The second-order valence-corrected chi connectivity index (χ2v) is 9.18. The van der Waals surface area contributed by atoms with Gasteiger partial charge in [-0.05, 0) is 62.2 Å². The maximum atomic E-state index is 13.0. The first-order valence-corrected chi connectivity index (χ1v) is 12.4. The smallest absolute Gasteiger partial charge is 0.251 e. The molecule has 0 bridgehead atoms. The highest BCUT2D eigenvalue weighted by molar-refractivity contribution is 5.98. The lowest BCUT2D eigenvalue weighted by Gasteiger charge is -2.13. The number of hydrogen-bond donors (Lipinski definition) is 1. The number of nitrogens with one attached hydrogen (secondary N) is 1. The van der Waals surface area contributed by atoms with Crippen LogP contribution in [0.5, 0.6) is 5.75 Å². The van der Waals surface area contributed by atoms with Crippen LogP contribution in [0.1, 0.15) is 27.0 Å². The quantitative estimate of drug-likeness (QED) is 0.282. The molecule has 0 radical (unpaired) electrons. The Morgan fingerprint density at radius 1 is 0.757 bits per heavy atom. The highest BCUT2D eigenvalue weighted by Gasteiger charge is 2.15. The van der Waals surface area contributed by atoms with E-state index >= 15 is 0 Å². The van der Waals surface area contributed by atoms with E-state index < -0.39 is 0 Å². The summed E-state index contributed by atoms with van der Waals surface area (Å²) in [5.74, 6) is 0.685. The number of hydrogen-bond acceptors (Lipinski definition) is 4. The molecule has 5 nitrogen and oxygen atoms in total. The molecule has 184 valence electrons. The monoisotopic (exact) mass is 487 g/mol. The van der Waals surface area contributed by atoms with E-state index in [0.29, 0.717) is 24.0 Å². The van der Waals surface area contributed by atoms with Crippen molar-refractivity contribution < 1.29 is 9.53 Å². The van der Waals surface area contributed by atoms with E-state index in [1.165, 1.54) is 0 Å². The molecule has 0 fully saturated rings. The zero-order chi connectivity index (χ0) is 25.8. The van der Waals surface area contributed by atoms with Crippen molar-refractivity contribution in [1.82, 2.24) is 15.3 Å². The molecule has 5 rings (SSSR count). The number of fused-ring (bicyclic) bond motifs is 1. The van der Waals surface area contributed by atoms with Crippen molar-refractivity contribution >= 4 is 16.9 Å². The van der Waals surface area contributed by atoms with E-state index in [0.717, 1.165) is 50.5 Å². The van der Waals surface area contributed by atoms with Crippen LogP contribution in [0.4, 0.5) is 0 Å². The lowest BCUT2D eigenvalue weighted by Crippen LogP contribution is -2.25. The SMILES string of the molecule is COc1ccccc1CCNC(=O)c1ccc2nc(-c3cccc(C)c3)c(-c3cccc(C)c3)nc2c1. The van der Waals surface area contributed by atoms with Crippen LogP contribution in [0.25, 0.3) is 33.5 Å². The molecule has 5 heteroatoms. The number of methoxy groups -OCH3 is 1. The molecule has 37 heavy (non-hydrogen) atoms. The fraction of sp³-hybridized carbons (Fsp3) is 0.156. The number of aromatic nitrogens is 2. The molecule has 0 saturated heterocycles. The fourth-order valence-corrected chi connectivity index (χ4v) is 4.51. The van der Waals surface area contributed by atoms with Gasteiger partial charge in [0.2, 0.25) is 0 Å². The van der Waals surface area contributed by atoms with Gasteiger partial charge in [-0.3, -0.25) is 4.79 Å². The minimum absolute atomic E-state index is 0.140. The van der Waals surface area contributed by atoms with E-state index in [-0.39, 0.29) is 5.91 Å². The largest absolute Gasteiger partial charge is 0.496 e. The number of ether oxygens (including phenoxy) is 1. The number of carbonyl (C=O) groups excluding carboxylic acids is 1. The van der Waals surface area contributed by atoms with Crippen molar-refractivity contribution in [2.45, 2.75) is 20.3 Å². The Morgan fingerprint density at radius 2 is 1.41 bits per heavy atom. The Labute approximate surface area is 217 Å². The molecule has 0 aliphatic carbocycles. The summed E-state index contributed by atoms with van der Waals surface area (Å²) in [6.07, 6.45) is 0.681. The van der Waals surface area contributed by atoms with Gasteiger partial charge in [0, 0.05) is 23.2 Å². The number of nitrogens with zero attached hydrogens (tertiary/aromatic N) is 2. The van der Waals surface area contributed by atoms with Gasteiger partial charge < -0.3 is 10.1 Å². The van der Waals surface area contributed by atoms with Crippen LogP contribution < -0.4 is 10.1 Å². The zero-order valence-corrected chi connectivity index (χ0v) is 21.3. The van der Waals surface area contributed by atoms with Crippen LogP contribution in [-0.2, 0) is 6.42 Å². The molecule has 0 spiro atoms. The molecule has 1 heterocycles. The summed E-state index contributed by atoms with van der Waals surface area (Å²) < 4.78 is 5.41. The molecule has 5 aromatic rings. The molecule has 0 unspecified atom stereocenters. The van der Waals surface area contributed by atoms with Crippen molar-refractivity contribution in [3.63, 3.8) is 0 Å². The third-order valence-corrected chi connectivity index (χ3v) is 6.38. The minimum Gasteiger partial charge on any atom is -0.496 e. The van der Waals surface area contributed by atoms with Crippen LogP contribution in [-0.4, -0.2) is 29.5 Å². The number of para-hydroxylation sites is 1. The van der Waals surface area contributed by atoms with Gasteiger partial charge in [-0.1, -0.05) is 65.7 Å². The topological polar surface area (TPSA) is 64.1 Å². The first kappa shape index (κ1) is 24.2. The Bertz CT molecular complexity index is 1590. The number of rotatable bonds is 7. The van der Waals surface area contributed by atoms with Gasteiger partial charge in [-0.15, -0.1) is 0 Å². The molecule has 0 aliphatic rings. The summed E-state index contributed by atoms with van der Waals surface area (Å²) in [7, 11) is 1.66. The van der Waals surface area contributed by atoms with Gasteiger partial charge in [-0.25, -0.2) is 9.97 Å². The van der Waals surface area contributed by atoms with Gasteiger partial charge >= 0.3 is 0 Å². The van der Waals surface area contributed by atoms with Crippen LogP contribution in [0, 0.1) is 13.8 Å². The summed E-state index contributed by atoms with van der Waals surface area (Å²) in [6, 6.07) is 29.9. The summed E-state index contributed by atoms with van der Waals surface area (Å²) in [4.78, 5) is 23.0. The van der Waals surface area contributed by atoms with Gasteiger partial charge in [0.05, 0.1) is 29.5 Å². The van der Waals surface area contributed by atoms with E-state index in [1.807, 2.05) is 54.6 Å². The van der Waals surface area contributed by atoms with Crippen LogP contribution >= 0.6 is 0 Å². The Hall–Kier alpha value is -4.51. The number of benzene rings is 4. The van der Waals surface area contributed by atoms with Crippen LogP contribution in [0.15, 0.2) is 91.0 Å². The summed E-state index contributed by atoms with van der Waals surface area (Å²) in [5, 5.41) is 3.02. The summed E-state index contributed by atoms with van der Waals surface area (Å²) >= 11 is 0. The first-order valence-electron chi connectivity index (χ1n) is 12.4. The van der Waals surface area contributed by atoms with E-state index in [2.05, 4.69) is 55.6 Å². The molecular weight excluding hydrogens is 458 g/mol. The second-order valence-electron chi connectivity index (χ2n) is 9.18. The minimum atomic E-state index is -0.140. The maximum Gasteiger partial charge on any atom is 0.251 e. The van der Waals surface area contributed by atoms with Crippen LogP contribution in [0.3, 0.4) is 0 Å². The van der Waals surface area contributed by atoms with Crippen molar-refractivity contribution in [2.24, 2.45) is 0 Å². The Morgan fingerprint density at radius 3 is 2.05 bits per heavy atom. The van der Waals surface area contributed by atoms with Crippen molar-refractivity contribution in [1.29, 1.82) is 0 Å². The van der Waals surface area contributed by atoms with Crippen molar-refractivity contribution in [3.05, 3.63) is 113 Å². The van der Waals surface area contributed by atoms with Gasteiger partial charge in [-0.2, -0.15) is 0 Å². The highest BCUT2D eigenvalue weighted by Crippen LogP contribution is 2.32. The third-order valence-electron chi connectivity index (χ3n) is 6.38. The normalized spacial score (nSPS) is 10.9. The molecule has 0 saturated carbocycles. The van der Waals surface area contributed by atoms with Crippen molar-refractivity contribution in [3.8, 4) is 28.3 Å². The van der Waals surface area contributed by atoms with E-state index in [9.17, 15) is 4.79 Å². The highest BCUT2D eigenvalue weighted by atomic mass is 16.5. The number of aryl methyl sites for hydroxylation is 2. The van der Waals surface area contributed by atoms with Gasteiger partial charge in [0.1, 0.15) is 5.75 Å². The summed E-state index contributed by atoms with van der Waals surface area (Å²) in [5.41, 5.74) is 9.01. The Balaban J connectivity index is 1.47. The molecule has 0 aliphatic heterocycles. The predicted octanol–water partition coefficient (Wildman–Crippen LogP) is 6.56. The molecule has 1 amide bonds. The van der Waals surface area contributed by atoms with Crippen LogP contribution in [0.2, 0.25) is 0 Å². The lowest BCUT2D eigenvalue weighted by atomic mass is 10.0. The Kier molecular flexibility index (Phi) is 6.95. The average Bonchev–Trinajstić information content (AvgIpc) is 2.92. The molecule has 4 aromatic carbocycles. The van der Waals surface area contributed by atoms with E-state index in [4.69, 9.17) is 14.7 Å². The number of amides is 1. The zero-order valence-electron chi connectivity index (χ0n) is 21.3. The predicted molar refractivity (Wildman–Crippen MR) is 149 cm³/mol.